The lowest BCUT2D eigenvalue weighted by molar-refractivity contribution is -0.139. The maximum Gasteiger partial charge on any atom is 0.311 e. The SMILES string of the molecule is CC(C)C(C(=O)O)c1csc2ccccc12. The zero-order valence-electron chi connectivity index (χ0n) is 9.31. The van der Waals surface area contributed by atoms with Gasteiger partial charge in [-0.05, 0) is 28.3 Å². The van der Waals surface area contributed by atoms with Crippen LogP contribution in [0.25, 0.3) is 10.1 Å². The zero-order valence-corrected chi connectivity index (χ0v) is 10.1. The topological polar surface area (TPSA) is 37.3 Å². The summed E-state index contributed by atoms with van der Waals surface area (Å²) in [5, 5.41) is 12.3. The molecule has 0 aliphatic heterocycles. The number of thiophene rings is 1. The van der Waals surface area contributed by atoms with E-state index in [-0.39, 0.29) is 5.92 Å². The minimum absolute atomic E-state index is 0.107. The fourth-order valence-corrected chi connectivity index (χ4v) is 3.01. The Bertz CT molecular complexity index is 513. The molecule has 3 heteroatoms. The van der Waals surface area contributed by atoms with Crippen LogP contribution in [0.2, 0.25) is 0 Å². The molecular weight excluding hydrogens is 220 g/mol. The third kappa shape index (κ3) is 1.83. The Hall–Kier alpha value is -1.35. The molecule has 1 atom stereocenters. The molecular formula is C13H14O2S. The van der Waals surface area contributed by atoms with Crippen LogP contribution < -0.4 is 0 Å². The first-order chi connectivity index (χ1) is 7.61. The van der Waals surface area contributed by atoms with Gasteiger partial charge < -0.3 is 5.11 Å². The Morgan fingerprint density at radius 2 is 2.00 bits per heavy atom. The van der Waals surface area contributed by atoms with Crippen molar-refractivity contribution in [1.29, 1.82) is 0 Å². The normalized spacial score (nSPS) is 13.2. The van der Waals surface area contributed by atoms with Gasteiger partial charge in [-0.2, -0.15) is 0 Å². The fourth-order valence-electron chi connectivity index (χ4n) is 2.02. The molecule has 2 nitrogen and oxygen atoms in total. The van der Waals surface area contributed by atoms with Crippen molar-refractivity contribution in [3.05, 3.63) is 35.2 Å². The maximum absolute atomic E-state index is 11.3. The van der Waals surface area contributed by atoms with Crippen LogP contribution in [-0.4, -0.2) is 11.1 Å². The largest absolute Gasteiger partial charge is 0.481 e. The van der Waals surface area contributed by atoms with E-state index in [1.807, 2.05) is 43.5 Å². The lowest BCUT2D eigenvalue weighted by Crippen LogP contribution is -2.16. The number of fused-ring (bicyclic) bond motifs is 1. The molecule has 1 aromatic carbocycles. The summed E-state index contributed by atoms with van der Waals surface area (Å²) < 4.78 is 1.16. The molecule has 0 saturated carbocycles. The number of rotatable bonds is 3. The standard InChI is InChI=1S/C13H14O2S/c1-8(2)12(13(14)15)10-7-16-11-6-4-3-5-9(10)11/h3-8,12H,1-2H3,(H,14,15). The molecule has 16 heavy (non-hydrogen) atoms. The van der Waals surface area contributed by atoms with Crippen molar-refractivity contribution < 1.29 is 9.90 Å². The highest BCUT2D eigenvalue weighted by molar-refractivity contribution is 7.17. The van der Waals surface area contributed by atoms with Gasteiger partial charge in [-0.1, -0.05) is 32.0 Å². The van der Waals surface area contributed by atoms with Gasteiger partial charge in [-0.25, -0.2) is 0 Å². The van der Waals surface area contributed by atoms with E-state index in [0.29, 0.717) is 0 Å². The monoisotopic (exact) mass is 234 g/mol. The molecule has 1 aromatic heterocycles. The van der Waals surface area contributed by atoms with Crippen LogP contribution in [0.1, 0.15) is 25.3 Å². The van der Waals surface area contributed by atoms with Crippen molar-refractivity contribution in [2.24, 2.45) is 5.92 Å². The molecule has 0 aliphatic carbocycles. The molecule has 1 unspecified atom stereocenters. The van der Waals surface area contributed by atoms with E-state index in [4.69, 9.17) is 0 Å². The van der Waals surface area contributed by atoms with E-state index in [0.717, 1.165) is 15.6 Å². The van der Waals surface area contributed by atoms with Crippen LogP contribution in [0.15, 0.2) is 29.6 Å². The van der Waals surface area contributed by atoms with Gasteiger partial charge in [0.05, 0.1) is 5.92 Å². The summed E-state index contributed by atoms with van der Waals surface area (Å²) in [5.74, 6) is -1.04. The van der Waals surface area contributed by atoms with Crippen LogP contribution in [0.4, 0.5) is 0 Å². The summed E-state index contributed by atoms with van der Waals surface area (Å²) in [6.45, 7) is 3.90. The molecule has 1 heterocycles. The van der Waals surface area contributed by atoms with Crippen molar-refractivity contribution in [1.82, 2.24) is 0 Å². The lowest BCUT2D eigenvalue weighted by atomic mass is 9.88. The van der Waals surface area contributed by atoms with Gasteiger partial charge in [-0.15, -0.1) is 11.3 Å². The predicted molar refractivity (Wildman–Crippen MR) is 67.0 cm³/mol. The molecule has 2 aromatic rings. The van der Waals surface area contributed by atoms with Crippen molar-refractivity contribution in [2.45, 2.75) is 19.8 Å². The van der Waals surface area contributed by atoms with Crippen molar-refractivity contribution in [2.75, 3.05) is 0 Å². The number of carbonyl (C=O) groups is 1. The first kappa shape index (κ1) is 11.1. The Morgan fingerprint density at radius 1 is 1.31 bits per heavy atom. The third-order valence-electron chi connectivity index (χ3n) is 2.78. The minimum atomic E-state index is -0.737. The average Bonchev–Trinajstić information content (AvgIpc) is 2.61. The van der Waals surface area contributed by atoms with Crippen LogP contribution >= 0.6 is 11.3 Å². The average molecular weight is 234 g/mol. The van der Waals surface area contributed by atoms with Gasteiger partial charge in [-0.3, -0.25) is 4.79 Å². The Balaban J connectivity index is 2.57. The third-order valence-corrected chi connectivity index (χ3v) is 3.76. The van der Waals surface area contributed by atoms with Crippen LogP contribution in [0.5, 0.6) is 0 Å². The summed E-state index contributed by atoms with van der Waals surface area (Å²) in [6.07, 6.45) is 0. The van der Waals surface area contributed by atoms with Gasteiger partial charge in [0.2, 0.25) is 0 Å². The fraction of sp³-hybridized carbons (Fsp3) is 0.308. The highest BCUT2D eigenvalue weighted by atomic mass is 32.1. The second kappa shape index (κ2) is 4.26. The Labute approximate surface area is 98.5 Å². The lowest BCUT2D eigenvalue weighted by Gasteiger charge is -2.15. The number of benzene rings is 1. The summed E-state index contributed by atoms with van der Waals surface area (Å²) in [6, 6.07) is 7.97. The quantitative estimate of drug-likeness (QED) is 0.878. The van der Waals surface area contributed by atoms with E-state index in [1.54, 1.807) is 11.3 Å². The van der Waals surface area contributed by atoms with Gasteiger partial charge in [0, 0.05) is 4.70 Å². The van der Waals surface area contributed by atoms with Crippen molar-refractivity contribution in [3.8, 4) is 0 Å². The number of carboxylic acids is 1. The number of hydrogen-bond acceptors (Lipinski definition) is 2. The summed E-state index contributed by atoms with van der Waals surface area (Å²) in [4.78, 5) is 11.3. The number of aliphatic carboxylic acids is 1. The van der Waals surface area contributed by atoms with Crippen molar-refractivity contribution in [3.63, 3.8) is 0 Å². The molecule has 1 N–H and O–H groups in total. The van der Waals surface area contributed by atoms with Gasteiger partial charge in [0.1, 0.15) is 0 Å². The van der Waals surface area contributed by atoms with Crippen LogP contribution in [0, 0.1) is 5.92 Å². The van der Waals surface area contributed by atoms with E-state index < -0.39 is 11.9 Å². The first-order valence-corrected chi connectivity index (χ1v) is 6.18. The number of hydrogen-bond donors (Lipinski definition) is 1. The summed E-state index contributed by atoms with van der Waals surface area (Å²) in [7, 11) is 0. The van der Waals surface area contributed by atoms with E-state index in [9.17, 15) is 9.90 Å². The molecule has 2 rings (SSSR count). The molecule has 0 saturated heterocycles. The minimum Gasteiger partial charge on any atom is -0.481 e. The maximum atomic E-state index is 11.3. The highest BCUT2D eigenvalue weighted by Crippen LogP contribution is 2.34. The molecule has 0 radical (unpaired) electrons. The van der Waals surface area contributed by atoms with Crippen molar-refractivity contribution >= 4 is 27.4 Å². The predicted octanol–water partition coefficient (Wildman–Crippen LogP) is 3.73. The van der Waals surface area contributed by atoms with E-state index >= 15 is 0 Å². The molecule has 0 bridgehead atoms. The van der Waals surface area contributed by atoms with Gasteiger partial charge in [0.15, 0.2) is 0 Å². The van der Waals surface area contributed by atoms with Crippen LogP contribution in [-0.2, 0) is 4.79 Å². The Kier molecular flexibility index (Phi) is 2.97. The van der Waals surface area contributed by atoms with E-state index in [2.05, 4.69) is 0 Å². The summed E-state index contributed by atoms with van der Waals surface area (Å²) >= 11 is 1.61. The molecule has 0 amide bonds. The van der Waals surface area contributed by atoms with E-state index in [1.165, 1.54) is 0 Å². The smallest absolute Gasteiger partial charge is 0.311 e. The first-order valence-electron chi connectivity index (χ1n) is 5.30. The molecule has 0 spiro atoms. The second-order valence-electron chi connectivity index (χ2n) is 4.25. The zero-order chi connectivity index (χ0) is 11.7. The molecule has 0 aliphatic rings. The van der Waals surface area contributed by atoms with Gasteiger partial charge >= 0.3 is 5.97 Å². The Morgan fingerprint density at radius 3 is 2.62 bits per heavy atom. The summed E-state index contributed by atoms with van der Waals surface area (Å²) in [5.41, 5.74) is 0.947. The second-order valence-corrected chi connectivity index (χ2v) is 5.16. The van der Waals surface area contributed by atoms with Crippen LogP contribution in [0.3, 0.4) is 0 Å². The highest BCUT2D eigenvalue weighted by Gasteiger charge is 2.25. The number of carboxylic acid groups (broad SMARTS) is 1. The van der Waals surface area contributed by atoms with Gasteiger partial charge in [0.25, 0.3) is 0 Å². The molecule has 0 fully saturated rings. The molecule has 84 valence electrons.